The third kappa shape index (κ3) is 3.99. The van der Waals surface area contributed by atoms with Crippen molar-refractivity contribution in [2.75, 3.05) is 54.5 Å². The van der Waals surface area contributed by atoms with Gasteiger partial charge in [-0.25, -0.2) is 9.37 Å². The van der Waals surface area contributed by atoms with Crippen LogP contribution in [0.15, 0.2) is 30.5 Å². The molecule has 0 aliphatic carbocycles. The van der Waals surface area contributed by atoms with Crippen LogP contribution < -0.4 is 15.1 Å². The summed E-state index contributed by atoms with van der Waals surface area (Å²) in [5, 5.41) is 12.8. The van der Waals surface area contributed by atoms with Crippen LogP contribution in [0.5, 0.6) is 0 Å². The Kier molecular flexibility index (Phi) is 5.53. The third-order valence-corrected chi connectivity index (χ3v) is 5.21. The van der Waals surface area contributed by atoms with E-state index in [4.69, 9.17) is 4.74 Å². The molecule has 1 aromatic heterocycles. The topological polar surface area (TPSA) is 77.3 Å². The van der Waals surface area contributed by atoms with E-state index in [1.807, 2.05) is 11.0 Å². The third-order valence-electron chi connectivity index (χ3n) is 5.21. The average molecular weight is 382 g/mol. The lowest BCUT2D eigenvalue weighted by atomic mass is 10.0. The molecule has 0 spiro atoms. The molecular formula is C20H23FN6O. The van der Waals surface area contributed by atoms with Crippen molar-refractivity contribution in [2.24, 2.45) is 0 Å². The van der Waals surface area contributed by atoms with Crippen LogP contribution >= 0.6 is 0 Å². The van der Waals surface area contributed by atoms with Gasteiger partial charge in [0.1, 0.15) is 17.7 Å². The van der Waals surface area contributed by atoms with E-state index in [0.717, 1.165) is 37.7 Å². The zero-order valence-electron chi connectivity index (χ0n) is 15.6. The van der Waals surface area contributed by atoms with Gasteiger partial charge in [0.2, 0.25) is 5.95 Å². The van der Waals surface area contributed by atoms with E-state index >= 15 is 0 Å². The Morgan fingerprint density at radius 2 is 1.89 bits per heavy atom. The van der Waals surface area contributed by atoms with Crippen LogP contribution in [0.25, 0.3) is 0 Å². The highest BCUT2D eigenvalue weighted by Gasteiger charge is 2.24. The van der Waals surface area contributed by atoms with Crippen molar-refractivity contribution in [2.45, 2.75) is 18.9 Å². The van der Waals surface area contributed by atoms with Gasteiger partial charge in [-0.3, -0.25) is 0 Å². The molecular weight excluding hydrogens is 359 g/mol. The molecule has 2 fully saturated rings. The molecule has 2 aromatic rings. The van der Waals surface area contributed by atoms with Crippen LogP contribution in [0.3, 0.4) is 0 Å². The minimum absolute atomic E-state index is 0.251. The minimum atomic E-state index is -0.337. The lowest BCUT2D eigenvalue weighted by molar-refractivity contribution is 0.122. The van der Waals surface area contributed by atoms with E-state index in [1.165, 1.54) is 6.07 Å². The van der Waals surface area contributed by atoms with E-state index in [1.54, 1.807) is 18.3 Å². The Morgan fingerprint density at radius 1 is 1.11 bits per heavy atom. The first-order chi connectivity index (χ1) is 13.7. The normalized spacial score (nSPS) is 18.0. The van der Waals surface area contributed by atoms with Crippen molar-refractivity contribution in [1.82, 2.24) is 9.97 Å². The summed E-state index contributed by atoms with van der Waals surface area (Å²) in [5.74, 6) is 1.19. The number of rotatable bonds is 4. The van der Waals surface area contributed by atoms with Gasteiger partial charge in [-0.15, -0.1) is 0 Å². The number of halogens is 1. The first kappa shape index (κ1) is 18.4. The maximum absolute atomic E-state index is 14.2. The van der Waals surface area contributed by atoms with E-state index in [2.05, 4.69) is 26.3 Å². The van der Waals surface area contributed by atoms with Crippen molar-refractivity contribution in [1.29, 1.82) is 5.26 Å². The number of para-hydroxylation sites is 1. The summed E-state index contributed by atoms with van der Waals surface area (Å²) >= 11 is 0. The quantitative estimate of drug-likeness (QED) is 0.870. The van der Waals surface area contributed by atoms with Gasteiger partial charge in [0.05, 0.1) is 24.5 Å². The number of morpholine rings is 1. The van der Waals surface area contributed by atoms with E-state index in [9.17, 15) is 9.65 Å². The first-order valence-electron chi connectivity index (χ1n) is 9.60. The number of ether oxygens (including phenoxy) is 1. The maximum atomic E-state index is 14.2. The fourth-order valence-electron chi connectivity index (χ4n) is 3.73. The second-order valence-electron chi connectivity index (χ2n) is 6.99. The summed E-state index contributed by atoms with van der Waals surface area (Å²) in [6.07, 6.45) is 3.46. The summed E-state index contributed by atoms with van der Waals surface area (Å²) < 4.78 is 19.6. The monoisotopic (exact) mass is 382 g/mol. The van der Waals surface area contributed by atoms with Gasteiger partial charge in [0.15, 0.2) is 0 Å². The molecule has 2 saturated heterocycles. The molecule has 1 aromatic carbocycles. The number of hydrogen-bond acceptors (Lipinski definition) is 7. The molecule has 8 heteroatoms. The fourth-order valence-corrected chi connectivity index (χ4v) is 3.73. The summed E-state index contributed by atoms with van der Waals surface area (Å²) in [5.41, 5.74) is 0.803. The van der Waals surface area contributed by atoms with E-state index in [-0.39, 0.29) is 11.9 Å². The van der Waals surface area contributed by atoms with Crippen LogP contribution in [0.2, 0.25) is 0 Å². The van der Waals surface area contributed by atoms with Gasteiger partial charge in [-0.2, -0.15) is 10.2 Å². The molecule has 2 aliphatic heterocycles. The predicted molar refractivity (Wildman–Crippen MR) is 105 cm³/mol. The molecule has 7 nitrogen and oxygen atoms in total. The van der Waals surface area contributed by atoms with E-state index in [0.29, 0.717) is 37.6 Å². The number of nitrogens with zero attached hydrogens (tertiary/aromatic N) is 5. The number of benzene rings is 1. The number of piperidine rings is 1. The first-order valence-corrected chi connectivity index (χ1v) is 9.60. The van der Waals surface area contributed by atoms with Gasteiger partial charge >= 0.3 is 0 Å². The molecule has 0 amide bonds. The Labute approximate surface area is 163 Å². The summed E-state index contributed by atoms with van der Waals surface area (Å²) in [6, 6.07) is 8.87. The minimum Gasteiger partial charge on any atom is -0.378 e. The molecule has 0 unspecified atom stereocenters. The summed E-state index contributed by atoms with van der Waals surface area (Å²) in [4.78, 5) is 13.1. The highest BCUT2D eigenvalue weighted by Crippen LogP contribution is 2.28. The number of nitriles is 1. The molecule has 0 saturated carbocycles. The highest BCUT2D eigenvalue weighted by atomic mass is 19.1. The average Bonchev–Trinajstić information content (AvgIpc) is 2.75. The smallest absolute Gasteiger partial charge is 0.227 e. The fraction of sp³-hybridized carbons (Fsp3) is 0.450. The van der Waals surface area contributed by atoms with Crippen LogP contribution in [-0.4, -0.2) is 55.4 Å². The van der Waals surface area contributed by atoms with Crippen molar-refractivity contribution in [3.8, 4) is 6.07 Å². The maximum Gasteiger partial charge on any atom is 0.227 e. The molecule has 1 N–H and O–H groups in total. The van der Waals surface area contributed by atoms with Crippen molar-refractivity contribution < 1.29 is 9.13 Å². The molecule has 2 aliphatic rings. The van der Waals surface area contributed by atoms with E-state index < -0.39 is 0 Å². The van der Waals surface area contributed by atoms with Gasteiger partial charge < -0.3 is 19.9 Å². The number of hydrogen-bond donors (Lipinski definition) is 1. The predicted octanol–water partition coefficient (Wildman–Crippen LogP) is 2.40. The standard InChI is InChI=1S/C20H23FN6O/c21-17-3-1-2-15(14-22)19(17)26-8-5-16(6-9-26)24-18-4-7-23-20(25-18)27-10-12-28-13-11-27/h1-4,7,16H,5-6,8-13H2,(H,23,24,25). The highest BCUT2D eigenvalue weighted by molar-refractivity contribution is 5.60. The van der Waals surface area contributed by atoms with Gasteiger partial charge in [-0.05, 0) is 31.0 Å². The Morgan fingerprint density at radius 3 is 2.64 bits per heavy atom. The molecule has 0 atom stereocenters. The molecule has 4 rings (SSSR count). The zero-order chi connectivity index (χ0) is 19.3. The number of aromatic nitrogens is 2. The van der Waals surface area contributed by atoms with Crippen molar-refractivity contribution in [3.05, 3.63) is 41.8 Å². The molecule has 3 heterocycles. The summed E-state index contributed by atoms with van der Waals surface area (Å²) in [7, 11) is 0. The number of anilines is 3. The molecule has 0 radical (unpaired) electrons. The summed E-state index contributed by atoms with van der Waals surface area (Å²) in [6.45, 7) is 4.36. The number of nitrogens with one attached hydrogen (secondary N) is 1. The van der Waals surface area contributed by atoms with Gasteiger partial charge in [0.25, 0.3) is 0 Å². The second kappa shape index (κ2) is 8.40. The lowest BCUT2D eigenvalue weighted by Crippen LogP contribution is -2.40. The second-order valence-corrected chi connectivity index (χ2v) is 6.99. The SMILES string of the molecule is N#Cc1cccc(F)c1N1CCC(Nc2ccnc(N3CCOCC3)n2)CC1. The molecule has 28 heavy (non-hydrogen) atoms. The van der Waals surface area contributed by atoms with Gasteiger partial charge in [-0.1, -0.05) is 6.07 Å². The van der Waals surface area contributed by atoms with Crippen LogP contribution in [-0.2, 0) is 4.74 Å². The zero-order valence-corrected chi connectivity index (χ0v) is 15.6. The van der Waals surface area contributed by atoms with Crippen LogP contribution in [0, 0.1) is 17.1 Å². The Hall–Kier alpha value is -2.92. The Balaban J connectivity index is 1.38. The molecule has 0 bridgehead atoms. The van der Waals surface area contributed by atoms with Crippen molar-refractivity contribution in [3.63, 3.8) is 0 Å². The lowest BCUT2D eigenvalue weighted by Gasteiger charge is -2.35. The van der Waals surface area contributed by atoms with Crippen LogP contribution in [0.1, 0.15) is 18.4 Å². The Bertz CT molecular complexity index is 856. The van der Waals surface area contributed by atoms with Crippen molar-refractivity contribution >= 4 is 17.5 Å². The van der Waals surface area contributed by atoms with Gasteiger partial charge in [0, 0.05) is 38.4 Å². The molecule has 146 valence electrons. The largest absolute Gasteiger partial charge is 0.378 e. The van der Waals surface area contributed by atoms with Crippen LogP contribution in [0.4, 0.5) is 21.8 Å².